The Labute approximate surface area is 135 Å². The number of hydrogen-bond acceptors (Lipinski definition) is 5. The summed E-state index contributed by atoms with van der Waals surface area (Å²) in [6, 6.07) is 7.89. The van der Waals surface area contributed by atoms with Crippen LogP contribution in [0.4, 0.5) is 0 Å². The molecule has 1 fully saturated rings. The average Bonchev–Trinajstić information content (AvgIpc) is 2.93. The molecule has 0 spiro atoms. The van der Waals surface area contributed by atoms with Gasteiger partial charge in [0.2, 0.25) is 10.0 Å². The van der Waals surface area contributed by atoms with Crippen molar-refractivity contribution in [1.82, 2.24) is 9.62 Å². The number of benzene rings is 1. The summed E-state index contributed by atoms with van der Waals surface area (Å²) in [5.74, 6) is -0.667. The second-order valence-corrected chi connectivity index (χ2v) is 7.86. The minimum atomic E-state index is -3.36. The van der Waals surface area contributed by atoms with Crippen LogP contribution < -0.4 is 5.32 Å². The number of carbonyl (C=O) groups is 1. The number of carbonyl (C=O) groups excluding carboxylic acids is 1. The molecule has 8 heteroatoms. The van der Waals surface area contributed by atoms with Crippen LogP contribution in [0.5, 0.6) is 0 Å². The third-order valence-corrected chi connectivity index (χ3v) is 5.73. The SMILES string of the molecule is CN(C)S(=O)(=O)C[C@@H]1COC[C@@H]1NC(=O)c1ccc(C#N)cc1. The van der Waals surface area contributed by atoms with E-state index in [4.69, 9.17) is 10.00 Å². The van der Waals surface area contributed by atoms with Crippen molar-refractivity contribution in [2.45, 2.75) is 6.04 Å². The second-order valence-electron chi connectivity index (χ2n) is 5.63. The Morgan fingerprint density at radius 3 is 2.57 bits per heavy atom. The third-order valence-electron chi connectivity index (χ3n) is 3.77. The van der Waals surface area contributed by atoms with Gasteiger partial charge in [-0.2, -0.15) is 5.26 Å². The molecule has 1 N–H and O–H groups in total. The molecular weight excluding hydrogens is 318 g/mol. The van der Waals surface area contributed by atoms with E-state index in [2.05, 4.69) is 5.32 Å². The molecule has 0 aromatic heterocycles. The van der Waals surface area contributed by atoms with E-state index in [1.165, 1.54) is 18.4 Å². The molecule has 1 aliphatic heterocycles. The van der Waals surface area contributed by atoms with Crippen LogP contribution in [0.25, 0.3) is 0 Å². The van der Waals surface area contributed by atoms with E-state index in [9.17, 15) is 13.2 Å². The Balaban J connectivity index is 2.03. The van der Waals surface area contributed by atoms with Gasteiger partial charge in [-0.1, -0.05) is 0 Å². The normalized spacial score (nSPS) is 21.1. The molecule has 0 saturated carbocycles. The number of nitrogens with one attached hydrogen (secondary N) is 1. The van der Waals surface area contributed by atoms with Crippen molar-refractivity contribution in [2.24, 2.45) is 5.92 Å². The second kappa shape index (κ2) is 7.08. The molecule has 0 aliphatic carbocycles. The Morgan fingerprint density at radius 1 is 1.35 bits per heavy atom. The van der Waals surface area contributed by atoms with Gasteiger partial charge in [-0.05, 0) is 24.3 Å². The average molecular weight is 337 g/mol. The zero-order valence-corrected chi connectivity index (χ0v) is 13.8. The topological polar surface area (TPSA) is 99.5 Å². The summed E-state index contributed by atoms with van der Waals surface area (Å²) in [4.78, 5) is 12.2. The van der Waals surface area contributed by atoms with Gasteiger partial charge in [0.1, 0.15) is 0 Å². The quantitative estimate of drug-likeness (QED) is 0.827. The Bertz CT molecular complexity index is 707. The van der Waals surface area contributed by atoms with Gasteiger partial charge in [-0.3, -0.25) is 4.79 Å². The van der Waals surface area contributed by atoms with Gasteiger partial charge in [-0.25, -0.2) is 12.7 Å². The largest absolute Gasteiger partial charge is 0.379 e. The molecule has 0 unspecified atom stereocenters. The molecule has 0 radical (unpaired) electrons. The highest BCUT2D eigenvalue weighted by Gasteiger charge is 2.34. The zero-order valence-electron chi connectivity index (χ0n) is 13.0. The van der Waals surface area contributed by atoms with Crippen LogP contribution in [0.1, 0.15) is 15.9 Å². The first-order valence-electron chi connectivity index (χ1n) is 7.12. The molecule has 2 atom stereocenters. The van der Waals surface area contributed by atoms with Crippen molar-refractivity contribution in [3.05, 3.63) is 35.4 Å². The number of rotatable bonds is 5. The number of ether oxygens (including phenoxy) is 1. The molecule has 23 heavy (non-hydrogen) atoms. The van der Waals surface area contributed by atoms with Gasteiger partial charge in [0, 0.05) is 25.6 Å². The lowest BCUT2D eigenvalue weighted by Crippen LogP contribution is -2.43. The molecule has 1 aliphatic rings. The van der Waals surface area contributed by atoms with Crippen LogP contribution >= 0.6 is 0 Å². The summed E-state index contributed by atoms with van der Waals surface area (Å²) in [7, 11) is -0.395. The molecular formula is C15H19N3O4S. The number of amides is 1. The smallest absolute Gasteiger partial charge is 0.251 e. The van der Waals surface area contributed by atoms with Crippen molar-refractivity contribution >= 4 is 15.9 Å². The molecule has 0 bridgehead atoms. The van der Waals surface area contributed by atoms with Crippen molar-refractivity contribution in [3.8, 4) is 6.07 Å². The Morgan fingerprint density at radius 2 is 2.00 bits per heavy atom. The molecule has 1 amide bonds. The molecule has 124 valence electrons. The van der Waals surface area contributed by atoms with Crippen LogP contribution in [0.3, 0.4) is 0 Å². The van der Waals surface area contributed by atoms with E-state index in [1.54, 1.807) is 24.3 Å². The van der Waals surface area contributed by atoms with Crippen molar-refractivity contribution in [3.63, 3.8) is 0 Å². The van der Waals surface area contributed by atoms with E-state index in [-0.39, 0.29) is 30.2 Å². The number of nitriles is 1. The lowest BCUT2D eigenvalue weighted by atomic mass is 10.1. The van der Waals surface area contributed by atoms with Crippen LogP contribution in [0.15, 0.2) is 24.3 Å². The van der Waals surface area contributed by atoms with Crippen LogP contribution in [-0.2, 0) is 14.8 Å². The third kappa shape index (κ3) is 4.28. The maximum absolute atomic E-state index is 12.2. The van der Waals surface area contributed by atoms with Gasteiger partial charge in [0.05, 0.1) is 36.6 Å². The lowest BCUT2D eigenvalue weighted by molar-refractivity contribution is 0.0926. The van der Waals surface area contributed by atoms with Gasteiger partial charge < -0.3 is 10.1 Å². The molecule has 7 nitrogen and oxygen atoms in total. The standard InChI is InChI=1S/C15H19N3O4S/c1-18(2)23(20,21)10-13-8-22-9-14(13)17-15(19)12-5-3-11(7-16)4-6-12/h3-6,13-14H,8-10H2,1-2H3,(H,17,19)/t13-,14-/m0/s1. The van der Waals surface area contributed by atoms with Gasteiger partial charge in [0.15, 0.2) is 0 Å². The predicted molar refractivity (Wildman–Crippen MR) is 84.2 cm³/mol. The highest BCUT2D eigenvalue weighted by atomic mass is 32.2. The first-order valence-corrected chi connectivity index (χ1v) is 8.73. The first kappa shape index (κ1) is 17.4. The van der Waals surface area contributed by atoms with E-state index >= 15 is 0 Å². The van der Waals surface area contributed by atoms with Crippen molar-refractivity contribution < 1.29 is 17.9 Å². The maximum atomic E-state index is 12.2. The first-order chi connectivity index (χ1) is 10.8. The zero-order chi connectivity index (χ0) is 17.0. The number of nitrogens with zero attached hydrogens (tertiary/aromatic N) is 2. The van der Waals surface area contributed by atoms with Crippen LogP contribution in [0, 0.1) is 17.2 Å². The van der Waals surface area contributed by atoms with Gasteiger partial charge in [-0.15, -0.1) is 0 Å². The monoisotopic (exact) mass is 337 g/mol. The summed E-state index contributed by atoms with van der Waals surface area (Å²) in [6.07, 6.45) is 0. The molecule has 1 aromatic carbocycles. The Kier molecular flexibility index (Phi) is 5.36. The summed E-state index contributed by atoms with van der Waals surface area (Å²) in [5.41, 5.74) is 0.894. The number of hydrogen-bond donors (Lipinski definition) is 1. The molecule has 2 rings (SSSR count). The van der Waals surface area contributed by atoms with Crippen molar-refractivity contribution in [1.29, 1.82) is 5.26 Å². The summed E-state index contributed by atoms with van der Waals surface area (Å²) >= 11 is 0. The van der Waals surface area contributed by atoms with Crippen LogP contribution in [0.2, 0.25) is 0 Å². The fourth-order valence-corrected chi connectivity index (χ4v) is 3.46. The summed E-state index contributed by atoms with van der Waals surface area (Å²) in [6.45, 7) is 0.584. The highest BCUT2D eigenvalue weighted by Crippen LogP contribution is 2.18. The minimum Gasteiger partial charge on any atom is -0.379 e. The predicted octanol–water partition coefficient (Wildman–Crippen LogP) is 0.194. The maximum Gasteiger partial charge on any atom is 0.251 e. The fourth-order valence-electron chi connectivity index (χ4n) is 2.29. The minimum absolute atomic E-state index is 0.0711. The summed E-state index contributed by atoms with van der Waals surface area (Å²) < 4.78 is 30.5. The fraction of sp³-hybridized carbons (Fsp3) is 0.467. The van der Waals surface area contributed by atoms with E-state index < -0.39 is 10.0 Å². The van der Waals surface area contributed by atoms with E-state index in [1.807, 2.05) is 6.07 Å². The molecule has 1 heterocycles. The lowest BCUT2D eigenvalue weighted by Gasteiger charge is -2.21. The molecule has 1 aromatic rings. The summed E-state index contributed by atoms with van der Waals surface area (Å²) in [5, 5.41) is 11.6. The molecule has 1 saturated heterocycles. The highest BCUT2D eigenvalue weighted by molar-refractivity contribution is 7.89. The van der Waals surface area contributed by atoms with Crippen LogP contribution in [-0.4, -0.2) is 57.7 Å². The number of sulfonamides is 1. The van der Waals surface area contributed by atoms with Gasteiger partial charge in [0.25, 0.3) is 5.91 Å². The van der Waals surface area contributed by atoms with E-state index in [0.29, 0.717) is 17.7 Å². The van der Waals surface area contributed by atoms with Gasteiger partial charge >= 0.3 is 0 Å². The van der Waals surface area contributed by atoms with Crippen molar-refractivity contribution in [2.75, 3.05) is 33.1 Å². The Hall–Kier alpha value is -1.95. The van der Waals surface area contributed by atoms with E-state index in [0.717, 1.165) is 0 Å².